The van der Waals surface area contributed by atoms with E-state index in [2.05, 4.69) is 0 Å². The van der Waals surface area contributed by atoms with E-state index in [1.54, 1.807) is 53.4 Å². The number of aliphatic hydroxyl groups excluding tert-OH is 1. The summed E-state index contributed by atoms with van der Waals surface area (Å²) in [6, 6.07) is 10.4. The largest absolute Gasteiger partial charge is 0.502 e. The molecule has 0 unspecified atom stereocenters. The van der Waals surface area contributed by atoms with Gasteiger partial charge in [0.15, 0.2) is 12.4 Å². The second-order valence-electron chi connectivity index (χ2n) is 4.11. The molecule has 18 heavy (non-hydrogen) atoms. The van der Waals surface area contributed by atoms with Gasteiger partial charge in [0.25, 0.3) is 5.78 Å². The Hall–Kier alpha value is -2.62. The van der Waals surface area contributed by atoms with E-state index >= 15 is 0 Å². The molecule has 1 aliphatic rings. The first-order chi connectivity index (χ1) is 8.68. The van der Waals surface area contributed by atoms with Crippen molar-refractivity contribution in [2.45, 2.75) is 0 Å². The number of hydrogen-bond acceptors (Lipinski definition) is 3. The van der Waals surface area contributed by atoms with Crippen LogP contribution in [0.5, 0.6) is 0 Å². The van der Waals surface area contributed by atoms with Crippen LogP contribution in [0.1, 0.15) is 15.9 Å². The monoisotopic (exact) mass is 239 g/mol. The maximum absolute atomic E-state index is 12.2. The molecular weight excluding hydrogens is 228 g/mol. The Morgan fingerprint density at radius 2 is 1.61 bits per heavy atom. The molecule has 0 aliphatic heterocycles. The summed E-state index contributed by atoms with van der Waals surface area (Å²) in [7, 11) is 0. The number of aliphatic hydroxyl groups is 1. The van der Waals surface area contributed by atoms with Crippen LogP contribution in [0.2, 0.25) is 0 Å². The number of anilines is 1. The minimum Gasteiger partial charge on any atom is -0.502 e. The van der Waals surface area contributed by atoms with Crippen molar-refractivity contribution in [1.82, 2.24) is 0 Å². The first kappa shape index (κ1) is 10.5. The molecule has 0 atom stereocenters. The predicted molar refractivity (Wildman–Crippen MR) is 67.6 cm³/mol. The molecule has 2 aromatic rings. The summed E-state index contributed by atoms with van der Waals surface area (Å²) >= 11 is 0. The van der Waals surface area contributed by atoms with Gasteiger partial charge in [-0.15, -0.1) is 0 Å². The van der Waals surface area contributed by atoms with E-state index in [9.17, 15) is 9.90 Å². The molecule has 0 bridgehead atoms. The predicted octanol–water partition coefficient (Wildman–Crippen LogP) is 1.64. The third-order valence-electron chi connectivity index (χ3n) is 2.98. The number of ketones is 1. The number of carbonyl (C=O) groups is 1. The summed E-state index contributed by atoms with van der Waals surface area (Å²) in [5, 5.41) is 10.1. The van der Waals surface area contributed by atoms with Crippen LogP contribution >= 0.6 is 0 Å². The van der Waals surface area contributed by atoms with Crippen LogP contribution in [-0.4, -0.2) is 10.9 Å². The van der Waals surface area contributed by atoms with E-state index in [0.717, 1.165) is 0 Å². The van der Waals surface area contributed by atoms with Crippen molar-refractivity contribution in [2.24, 2.45) is 0 Å². The van der Waals surface area contributed by atoms with Gasteiger partial charge in [-0.25, -0.2) is 0 Å². The van der Waals surface area contributed by atoms with E-state index in [-0.39, 0.29) is 17.2 Å². The number of Topliss-reactive ketones (excluding diaryl/α,β-unsaturated/α-hetero) is 1. The second-order valence-corrected chi connectivity index (χ2v) is 4.11. The Kier molecular flexibility index (Phi) is 2.16. The number of pyridine rings is 1. The lowest BCUT2D eigenvalue weighted by molar-refractivity contribution is -0.576. The molecule has 1 aromatic carbocycles. The quantitative estimate of drug-likeness (QED) is 0.743. The highest BCUT2D eigenvalue weighted by atomic mass is 16.3. The molecule has 3 N–H and O–H groups in total. The van der Waals surface area contributed by atoms with Gasteiger partial charge < -0.3 is 10.8 Å². The lowest BCUT2D eigenvalue weighted by atomic mass is 10.1. The number of nitrogen functional groups attached to an aromatic ring is 1. The smallest absolute Gasteiger partial charge is 0.301 e. The van der Waals surface area contributed by atoms with Crippen LogP contribution < -0.4 is 10.3 Å². The second kappa shape index (κ2) is 3.70. The third-order valence-corrected chi connectivity index (χ3v) is 2.98. The maximum atomic E-state index is 12.2. The summed E-state index contributed by atoms with van der Waals surface area (Å²) < 4.78 is 1.58. The van der Waals surface area contributed by atoms with Gasteiger partial charge in [-0.2, -0.15) is 4.57 Å². The minimum atomic E-state index is -0.183. The van der Waals surface area contributed by atoms with Crippen molar-refractivity contribution in [3.05, 3.63) is 59.9 Å². The van der Waals surface area contributed by atoms with Crippen LogP contribution in [0.3, 0.4) is 0 Å². The Morgan fingerprint density at radius 1 is 1.00 bits per heavy atom. The van der Waals surface area contributed by atoms with E-state index in [1.807, 2.05) is 0 Å². The molecule has 0 radical (unpaired) electrons. The van der Waals surface area contributed by atoms with Crippen molar-refractivity contribution in [3.63, 3.8) is 0 Å². The van der Waals surface area contributed by atoms with E-state index in [0.29, 0.717) is 16.8 Å². The molecule has 88 valence electrons. The van der Waals surface area contributed by atoms with E-state index in [4.69, 9.17) is 5.73 Å². The zero-order valence-electron chi connectivity index (χ0n) is 9.50. The number of aromatic nitrogens is 1. The van der Waals surface area contributed by atoms with Crippen LogP contribution in [0.4, 0.5) is 5.69 Å². The molecule has 0 spiro atoms. The fraction of sp³-hybridized carbons (Fsp3) is 0. The average Bonchev–Trinajstić information content (AvgIpc) is 2.64. The Morgan fingerprint density at radius 3 is 2.22 bits per heavy atom. The molecule has 0 saturated heterocycles. The molecule has 1 aromatic heterocycles. The Balaban J connectivity index is 2.18. The summed E-state index contributed by atoms with van der Waals surface area (Å²) in [6.07, 6.45) is 3.31. The molecule has 4 nitrogen and oxygen atoms in total. The standard InChI is InChI=1S/C14H10N2O2/c15-9-5-7-16(8-6-9)12-13(17)10-3-1-2-4-11(10)14(12)18/h1-8,15H,(H,17,18)/p+1. The molecule has 0 saturated carbocycles. The molecular formula is C14H11N2O2+. The van der Waals surface area contributed by atoms with Crippen LogP contribution in [0.25, 0.3) is 11.5 Å². The maximum Gasteiger partial charge on any atom is 0.301 e. The number of fused-ring (bicyclic) bond motifs is 1. The highest BCUT2D eigenvalue weighted by molar-refractivity contribution is 6.32. The molecule has 4 heteroatoms. The molecule has 1 aliphatic carbocycles. The molecule has 3 rings (SSSR count). The SMILES string of the molecule is Nc1cc[n+](C2=C(O)c3ccccc3C2=O)cc1. The normalized spacial score (nSPS) is 13.9. The number of allylic oxidation sites excluding steroid dienone is 1. The van der Waals surface area contributed by atoms with Crippen molar-refractivity contribution < 1.29 is 14.5 Å². The van der Waals surface area contributed by atoms with Crippen LogP contribution in [0.15, 0.2) is 48.8 Å². The van der Waals surface area contributed by atoms with Gasteiger partial charge in [-0.3, -0.25) is 4.79 Å². The van der Waals surface area contributed by atoms with Gasteiger partial charge in [-0.1, -0.05) is 24.3 Å². The van der Waals surface area contributed by atoms with Crippen LogP contribution in [-0.2, 0) is 0 Å². The van der Waals surface area contributed by atoms with Crippen molar-refractivity contribution in [2.75, 3.05) is 5.73 Å². The van der Waals surface area contributed by atoms with Gasteiger partial charge in [0.05, 0.1) is 0 Å². The number of benzene rings is 1. The third kappa shape index (κ3) is 1.39. The fourth-order valence-corrected chi connectivity index (χ4v) is 2.08. The highest BCUT2D eigenvalue weighted by Gasteiger charge is 2.36. The van der Waals surface area contributed by atoms with Gasteiger partial charge >= 0.3 is 5.70 Å². The van der Waals surface area contributed by atoms with Gasteiger partial charge in [0, 0.05) is 28.9 Å². The first-order valence-electron chi connectivity index (χ1n) is 5.53. The van der Waals surface area contributed by atoms with Crippen molar-refractivity contribution in [1.29, 1.82) is 0 Å². The summed E-state index contributed by atoms with van der Waals surface area (Å²) in [5.74, 6) is -0.178. The number of rotatable bonds is 1. The van der Waals surface area contributed by atoms with E-state index < -0.39 is 0 Å². The number of nitrogens with two attached hydrogens (primary N) is 1. The number of hydrogen-bond donors (Lipinski definition) is 2. The molecule has 1 heterocycles. The lowest BCUT2D eigenvalue weighted by Crippen LogP contribution is -2.34. The van der Waals surface area contributed by atoms with Gasteiger partial charge in [0.1, 0.15) is 0 Å². The number of carbonyl (C=O) groups excluding carboxylic acids is 1. The fourth-order valence-electron chi connectivity index (χ4n) is 2.08. The van der Waals surface area contributed by atoms with Gasteiger partial charge in [-0.05, 0) is 0 Å². The number of nitrogens with zero attached hydrogens (tertiary/aromatic N) is 1. The molecule has 0 fully saturated rings. The van der Waals surface area contributed by atoms with E-state index in [1.165, 1.54) is 0 Å². The topological polar surface area (TPSA) is 67.2 Å². The summed E-state index contributed by atoms with van der Waals surface area (Å²) in [5.41, 5.74) is 7.56. The zero-order valence-corrected chi connectivity index (χ0v) is 9.50. The van der Waals surface area contributed by atoms with Crippen molar-refractivity contribution >= 4 is 22.9 Å². The van der Waals surface area contributed by atoms with Crippen LogP contribution in [0, 0.1) is 0 Å². The van der Waals surface area contributed by atoms with Gasteiger partial charge in [0.2, 0.25) is 5.76 Å². The van der Waals surface area contributed by atoms with Crippen molar-refractivity contribution in [3.8, 4) is 0 Å². The Labute approximate surface area is 104 Å². The average molecular weight is 239 g/mol. The zero-order chi connectivity index (χ0) is 12.7. The summed E-state index contributed by atoms with van der Waals surface area (Å²) in [4.78, 5) is 12.2. The minimum absolute atomic E-state index is 0.00497. The first-order valence-corrected chi connectivity index (χ1v) is 5.53. The summed E-state index contributed by atoms with van der Waals surface area (Å²) in [6.45, 7) is 0. The Bertz CT molecular complexity index is 672. The molecule has 0 amide bonds. The lowest BCUT2D eigenvalue weighted by Gasteiger charge is -1.96. The highest BCUT2D eigenvalue weighted by Crippen LogP contribution is 2.30.